The van der Waals surface area contributed by atoms with Crippen molar-refractivity contribution in [3.05, 3.63) is 24.3 Å². The van der Waals surface area contributed by atoms with Crippen LogP contribution in [0.25, 0.3) is 0 Å². The molecule has 2 fully saturated rings. The van der Waals surface area contributed by atoms with Crippen LogP contribution in [0.1, 0.15) is 69.8 Å². The number of carbonyl (C=O) groups excluding carboxylic acids is 5. The monoisotopic (exact) mass is 544 g/mol. The van der Waals surface area contributed by atoms with Gasteiger partial charge >= 0.3 is 5.97 Å². The maximum absolute atomic E-state index is 13.8. The fraction of sp³-hybridized carbons (Fsp3) is 0.667. The Balaban J connectivity index is 1.79. The molecule has 1 aromatic heterocycles. The fourth-order valence-electron chi connectivity index (χ4n) is 4.71. The molecule has 0 aromatic carbocycles. The van der Waals surface area contributed by atoms with Crippen molar-refractivity contribution in [3.63, 3.8) is 0 Å². The quantitative estimate of drug-likeness (QED) is 0.345. The molecule has 1 saturated heterocycles. The first-order valence-electron chi connectivity index (χ1n) is 13.4. The van der Waals surface area contributed by atoms with Gasteiger partial charge in [0.15, 0.2) is 0 Å². The molecule has 1 aliphatic heterocycles. The van der Waals surface area contributed by atoms with Crippen LogP contribution < -0.4 is 16.0 Å². The molecule has 1 aromatic rings. The molecule has 3 rings (SSSR count). The lowest BCUT2D eigenvalue weighted by Gasteiger charge is -2.36. The van der Waals surface area contributed by atoms with Gasteiger partial charge in [0, 0.05) is 31.9 Å². The zero-order chi connectivity index (χ0) is 28.7. The summed E-state index contributed by atoms with van der Waals surface area (Å²) in [5, 5.41) is 8.31. The van der Waals surface area contributed by atoms with Gasteiger partial charge in [-0.25, -0.2) is 9.78 Å². The van der Waals surface area contributed by atoms with Crippen molar-refractivity contribution in [2.75, 3.05) is 20.7 Å². The number of likely N-dealkylation sites (N-methyl/N-ethyl adjacent to an activating group) is 1. The summed E-state index contributed by atoms with van der Waals surface area (Å²) < 4.78 is 4.92. The predicted molar refractivity (Wildman–Crippen MR) is 141 cm³/mol. The lowest BCUT2D eigenvalue weighted by Crippen LogP contribution is -2.59. The van der Waals surface area contributed by atoms with Crippen LogP contribution in [0.2, 0.25) is 0 Å². The minimum Gasteiger partial charge on any atom is -0.467 e. The molecular formula is C27H40N6O6. The van der Waals surface area contributed by atoms with Crippen LogP contribution >= 0.6 is 0 Å². The van der Waals surface area contributed by atoms with Crippen LogP contribution in [0.4, 0.5) is 0 Å². The van der Waals surface area contributed by atoms with E-state index >= 15 is 0 Å². The topological polar surface area (TPSA) is 160 Å². The van der Waals surface area contributed by atoms with Crippen LogP contribution in [0.15, 0.2) is 18.6 Å². The lowest BCUT2D eigenvalue weighted by molar-refractivity contribution is -0.148. The van der Waals surface area contributed by atoms with Crippen LogP contribution in [0.3, 0.4) is 0 Å². The van der Waals surface area contributed by atoms with Crippen molar-refractivity contribution in [2.24, 2.45) is 17.3 Å². The van der Waals surface area contributed by atoms with E-state index in [1.807, 2.05) is 20.8 Å². The number of aromatic nitrogens is 2. The summed E-state index contributed by atoms with van der Waals surface area (Å²) in [6.45, 7) is 6.04. The third kappa shape index (κ3) is 8.21. The van der Waals surface area contributed by atoms with Crippen molar-refractivity contribution in [1.29, 1.82) is 0 Å². The summed E-state index contributed by atoms with van der Waals surface area (Å²) >= 11 is 0. The molecule has 2 heterocycles. The molecule has 1 saturated carbocycles. The number of nitrogens with one attached hydrogen (secondary N) is 3. The van der Waals surface area contributed by atoms with Gasteiger partial charge in [-0.05, 0) is 37.0 Å². The van der Waals surface area contributed by atoms with Gasteiger partial charge in [0.2, 0.25) is 17.7 Å². The molecule has 4 amide bonds. The second-order valence-corrected chi connectivity index (χ2v) is 11.5. The molecule has 0 spiro atoms. The first kappa shape index (κ1) is 30.0. The first-order valence-corrected chi connectivity index (χ1v) is 13.4. The molecule has 0 radical (unpaired) electrons. The van der Waals surface area contributed by atoms with Crippen LogP contribution in [-0.4, -0.2) is 83.3 Å². The van der Waals surface area contributed by atoms with Gasteiger partial charge in [-0.15, -0.1) is 0 Å². The Labute approximate surface area is 229 Å². The van der Waals surface area contributed by atoms with E-state index in [0.29, 0.717) is 19.4 Å². The summed E-state index contributed by atoms with van der Waals surface area (Å²) in [5.74, 6) is -2.45. The van der Waals surface area contributed by atoms with E-state index in [1.165, 1.54) is 37.6 Å². The number of esters is 1. The number of rotatable bonds is 11. The van der Waals surface area contributed by atoms with E-state index in [9.17, 15) is 24.0 Å². The van der Waals surface area contributed by atoms with Gasteiger partial charge in [0.25, 0.3) is 5.91 Å². The molecule has 214 valence electrons. The second-order valence-electron chi connectivity index (χ2n) is 11.5. The summed E-state index contributed by atoms with van der Waals surface area (Å²) in [6, 6.07) is -2.87. The van der Waals surface area contributed by atoms with E-state index in [-0.39, 0.29) is 23.9 Å². The van der Waals surface area contributed by atoms with Crippen LogP contribution in [0.5, 0.6) is 0 Å². The maximum atomic E-state index is 13.8. The van der Waals surface area contributed by atoms with E-state index in [2.05, 4.69) is 25.9 Å². The highest BCUT2D eigenvalue weighted by Gasteiger charge is 2.41. The smallest absolute Gasteiger partial charge is 0.328 e. The highest BCUT2D eigenvalue weighted by molar-refractivity contribution is 5.97. The van der Waals surface area contributed by atoms with Crippen LogP contribution in [0, 0.1) is 17.3 Å². The minimum atomic E-state index is -1.03. The zero-order valence-corrected chi connectivity index (χ0v) is 23.4. The third-order valence-corrected chi connectivity index (χ3v) is 7.28. The van der Waals surface area contributed by atoms with Gasteiger partial charge in [0.1, 0.15) is 23.8 Å². The number of hydrogen-bond acceptors (Lipinski definition) is 8. The summed E-state index contributed by atoms with van der Waals surface area (Å²) in [6.07, 6.45) is 7.96. The highest BCUT2D eigenvalue weighted by Crippen LogP contribution is 2.35. The predicted octanol–water partition coefficient (Wildman–Crippen LogP) is 0.822. The van der Waals surface area contributed by atoms with Crippen molar-refractivity contribution < 1.29 is 28.7 Å². The molecule has 0 bridgehead atoms. The standard InChI is InChI=1S/C27H40N6O6/c1-27(2,3)21(32-23(35)19-15-28-11-12-29-19)25(37)33(4)20(13-16-8-9-16)24(36)31-18(26(38)39-5)14-17-7-6-10-30-22(17)34/h11-12,15-18,20-21H,6-10,13-14H2,1-5H3,(H,30,34)(H,31,36)(H,32,35)/t17-,18-,20-,21+/m0/s1. The highest BCUT2D eigenvalue weighted by atomic mass is 16.5. The van der Waals surface area contributed by atoms with Crippen molar-refractivity contribution in [1.82, 2.24) is 30.8 Å². The molecule has 3 N–H and O–H groups in total. The van der Waals surface area contributed by atoms with Gasteiger partial charge in [-0.1, -0.05) is 33.6 Å². The number of carbonyl (C=O) groups is 5. The summed E-state index contributed by atoms with van der Waals surface area (Å²) in [7, 11) is 2.76. The number of methoxy groups -OCH3 is 1. The minimum absolute atomic E-state index is 0.0714. The number of amides is 4. The molecule has 2 aliphatic rings. The molecular weight excluding hydrogens is 504 g/mol. The average molecular weight is 545 g/mol. The van der Waals surface area contributed by atoms with Crippen molar-refractivity contribution in [2.45, 2.75) is 77.4 Å². The molecule has 1 aliphatic carbocycles. The number of piperidine rings is 1. The Hall–Kier alpha value is -3.57. The van der Waals surface area contributed by atoms with Gasteiger partial charge < -0.3 is 25.6 Å². The maximum Gasteiger partial charge on any atom is 0.328 e. The normalized spacial score (nSPS) is 19.6. The van der Waals surface area contributed by atoms with Crippen molar-refractivity contribution >= 4 is 29.6 Å². The van der Waals surface area contributed by atoms with E-state index in [0.717, 1.165) is 19.3 Å². The molecule has 39 heavy (non-hydrogen) atoms. The van der Waals surface area contributed by atoms with Gasteiger partial charge in [-0.2, -0.15) is 0 Å². The number of ether oxygens (including phenoxy) is 1. The van der Waals surface area contributed by atoms with E-state index < -0.39 is 53.1 Å². The van der Waals surface area contributed by atoms with Crippen molar-refractivity contribution in [3.8, 4) is 0 Å². The van der Waals surface area contributed by atoms with Crippen LogP contribution in [-0.2, 0) is 23.9 Å². The molecule has 0 unspecified atom stereocenters. The van der Waals surface area contributed by atoms with Gasteiger partial charge in [-0.3, -0.25) is 24.2 Å². The van der Waals surface area contributed by atoms with E-state index in [4.69, 9.17) is 4.74 Å². The first-order chi connectivity index (χ1) is 18.4. The van der Waals surface area contributed by atoms with E-state index in [1.54, 1.807) is 0 Å². The Kier molecular flexibility index (Phi) is 9.98. The third-order valence-electron chi connectivity index (χ3n) is 7.28. The lowest BCUT2D eigenvalue weighted by atomic mass is 9.85. The fourth-order valence-corrected chi connectivity index (χ4v) is 4.71. The Morgan fingerprint density at radius 3 is 2.41 bits per heavy atom. The zero-order valence-electron chi connectivity index (χ0n) is 23.4. The Morgan fingerprint density at radius 1 is 1.13 bits per heavy atom. The molecule has 12 nitrogen and oxygen atoms in total. The molecule has 12 heteroatoms. The number of hydrogen-bond donors (Lipinski definition) is 3. The number of nitrogens with zero attached hydrogens (tertiary/aromatic N) is 3. The second kappa shape index (κ2) is 13.0. The molecule has 4 atom stereocenters. The Bertz CT molecular complexity index is 1050. The Morgan fingerprint density at radius 2 is 1.85 bits per heavy atom. The summed E-state index contributed by atoms with van der Waals surface area (Å²) in [4.78, 5) is 74.4. The average Bonchev–Trinajstić information content (AvgIpc) is 3.74. The SMILES string of the molecule is COC(=O)[C@H](C[C@@H]1CCCNC1=O)NC(=O)[C@H](CC1CC1)N(C)C(=O)[C@@H](NC(=O)c1cnccn1)C(C)(C)C. The largest absolute Gasteiger partial charge is 0.467 e. The summed E-state index contributed by atoms with van der Waals surface area (Å²) in [5.41, 5.74) is -0.616. The van der Waals surface area contributed by atoms with Gasteiger partial charge in [0.05, 0.1) is 13.3 Å².